The summed E-state index contributed by atoms with van der Waals surface area (Å²) in [5.41, 5.74) is 3.30. The van der Waals surface area contributed by atoms with Crippen LogP contribution in [0.5, 0.6) is 0 Å². The monoisotopic (exact) mass is 632 g/mol. The maximum atomic E-state index is 2.68. The van der Waals surface area contributed by atoms with Gasteiger partial charge < -0.3 is 0 Å². The fraction of sp³-hybridized carbons (Fsp3) is 0.293. The molecule has 0 N–H and O–H groups in total. The molecule has 0 atom stereocenters. The second-order valence-corrected chi connectivity index (χ2v) is 17.2. The molecular weight excluding hydrogens is 588 g/mol. The van der Waals surface area contributed by atoms with Gasteiger partial charge >= 0.3 is 0 Å². The average Bonchev–Trinajstić information content (AvgIpc) is 3.73. The van der Waals surface area contributed by atoms with Crippen LogP contribution in [0.3, 0.4) is 0 Å². The Morgan fingerprint density at radius 3 is 1.55 bits per heavy atom. The van der Waals surface area contributed by atoms with Gasteiger partial charge in [-0.2, -0.15) is 0 Å². The van der Waals surface area contributed by atoms with E-state index in [1.54, 1.807) is 15.8 Å². The molecule has 0 aliphatic rings. The molecule has 44 heavy (non-hydrogen) atoms. The first-order chi connectivity index (χ1) is 21.8. The Morgan fingerprint density at radius 2 is 1.05 bits per heavy atom. The van der Waals surface area contributed by atoms with Gasteiger partial charge in [-0.3, -0.25) is 0 Å². The number of rotatable bonds is 14. The van der Waals surface area contributed by atoms with E-state index in [9.17, 15) is 0 Å². The van der Waals surface area contributed by atoms with Crippen LogP contribution < -0.4 is 15.9 Å². The van der Waals surface area contributed by atoms with Crippen molar-refractivity contribution in [3.05, 3.63) is 125 Å². The molecule has 2 heterocycles. The summed E-state index contributed by atoms with van der Waals surface area (Å²) in [5, 5.41) is 9.49. The van der Waals surface area contributed by atoms with Gasteiger partial charge in [0.15, 0.2) is 0 Å². The molecule has 0 bridgehead atoms. The van der Waals surface area contributed by atoms with Crippen LogP contribution in [0.2, 0.25) is 0 Å². The molecule has 0 fully saturated rings. The lowest BCUT2D eigenvalue weighted by atomic mass is 9.93. The molecule has 6 rings (SSSR count). The summed E-state index contributed by atoms with van der Waals surface area (Å²) < 4.78 is 3.08. The minimum atomic E-state index is -2.07. The largest absolute Gasteiger partial charge is 0.143 e. The molecule has 0 amide bonds. The molecule has 0 radical (unpaired) electrons. The normalized spacial score (nSPS) is 11.9. The standard InChI is InChI=1S/C41H45PS2/c1-3-5-7-18-26-36-37(27-19-8-6-4-2)41-39(38-28-29-43-40(36)38)30-35(44-41)31-42(32-20-12-9-13-21-32,33-22-14-10-15-23-33)34-24-16-11-17-25-34/h9-17,20-25,28-31H,3-8,18-19,26-27H2,1-2H3. The number of hydrogen-bond acceptors (Lipinski definition) is 2. The highest BCUT2D eigenvalue weighted by Crippen LogP contribution is 2.47. The van der Waals surface area contributed by atoms with E-state index in [4.69, 9.17) is 0 Å². The van der Waals surface area contributed by atoms with Crippen molar-refractivity contribution in [3.8, 4) is 0 Å². The highest BCUT2D eigenvalue weighted by atomic mass is 32.1. The van der Waals surface area contributed by atoms with Crippen LogP contribution in [-0.4, -0.2) is 5.80 Å². The average molecular weight is 633 g/mol. The van der Waals surface area contributed by atoms with E-state index in [2.05, 4.69) is 139 Å². The quantitative estimate of drug-likeness (QED) is 0.0828. The summed E-state index contributed by atoms with van der Waals surface area (Å²) in [4.78, 5) is 1.40. The van der Waals surface area contributed by atoms with Crippen LogP contribution in [0.25, 0.3) is 20.2 Å². The zero-order chi connectivity index (χ0) is 30.2. The predicted molar refractivity (Wildman–Crippen MR) is 203 cm³/mol. The lowest BCUT2D eigenvalue weighted by Gasteiger charge is -2.28. The van der Waals surface area contributed by atoms with Crippen molar-refractivity contribution < 1.29 is 0 Å². The van der Waals surface area contributed by atoms with E-state index in [0.717, 1.165) is 0 Å². The highest BCUT2D eigenvalue weighted by Gasteiger charge is 2.26. The van der Waals surface area contributed by atoms with Gasteiger partial charge in [0.25, 0.3) is 0 Å². The molecule has 3 heteroatoms. The van der Waals surface area contributed by atoms with Crippen molar-refractivity contribution in [2.75, 3.05) is 0 Å². The molecule has 0 nitrogen and oxygen atoms in total. The number of thiophene rings is 2. The first-order valence-electron chi connectivity index (χ1n) is 16.6. The summed E-state index contributed by atoms with van der Waals surface area (Å²) >= 11 is 4.02. The summed E-state index contributed by atoms with van der Waals surface area (Å²) in [6.07, 6.45) is 12.9. The number of aryl methyl sites for hydroxylation is 2. The Morgan fingerprint density at radius 1 is 0.545 bits per heavy atom. The van der Waals surface area contributed by atoms with Crippen LogP contribution in [0.4, 0.5) is 0 Å². The lowest BCUT2D eigenvalue weighted by molar-refractivity contribution is 0.654. The van der Waals surface area contributed by atoms with Crippen LogP contribution in [0, 0.1) is 0 Å². The zero-order valence-corrected chi connectivity index (χ0v) is 28.8. The molecule has 0 aliphatic carbocycles. The number of unbranched alkanes of at least 4 members (excludes halogenated alkanes) is 6. The van der Waals surface area contributed by atoms with Crippen LogP contribution in [0.15, 0.2) is 109 Å². The zero-order valence-electron chi connectivity index (χ0n) is 26.3. The van der Waals surface area contributed by atoms with Crippen molar-refractivity contribution in [1.29, 1.82) is 0 Å². The molecule has 2 aromatic heterocycles. The van der Waals surface area contributed by atoms with Gasteiger partial charge in [0.2, 0.25) is 0 Å². The van der Waals surface area contributed by atoms with Crippen LogP contribution >= 0.6 is 29.6 Å². The molecule has 0 saturated carbocycles. The Bertz CT molecular complexity index is 1720. The fourth-order valence-corrected chi connectivity index (χ4v) is 13.2. The molecule has 6 aromatic rings. The molecule has 0 aliphatic heterocycles. The maximum Gasteiger partial charge on any atom is 0.0390 e. The number of benzene rings is 4. The van der Waals surface area contributed by atoms with E-state index in [1.807, 2.05) is 11.3 Å². The molecular formula is C41H45PS2. The van der Waals surface area contributed by atoms with Crippen molar-refractivity contribution in [3.63, 3.8) is 0 Å². The van der Waals surface area contributed by atoms with E-state index >= 15 is 0 Å². The van der Waals surface area contributed by atoms with Gasteiger partial charge in [-0.1, -0.05) is 143 Å². The lowest BCUT2D eigenvalue weighted by Crippen LogP contribution is -2.27. The third kappa shape index (κ3) is 6.41. The van der Waals surface area contributed by atoms with Gasteiger partial charge in [-0.05, 0) is 82.9 Å². The van der Waals surface area contributed by atoms with Crippen molar-refractivity contribution in [2.24, 2.45) is 0 Å². The second kappa shape index (κ2) is 14.9. The van der Waals surface area contributed by atoms with E-state index in [-0.39, 0.29) is 0 Å². The Labute approximate surface area is 272 Å². The van der Waals surface area contributed by atoms with E-state index in [0.29, 0.717) is 0 Å². The fourth-order valence-electron chi connectivity index (χ4n) is 6.76. The summed E-state index contributed by atoms with van der Waals surface area (Å²) in [5.74, 6) is 2.68. The number of hydrogen-bond donors (Lipinski definition) is 0. The van der Waals surface area contributed by atoms with E-state index in [1.165, 1.54) is 100 Å². The molecule has 4 aromatic carbocycles. The smallest absolute Gasteiger partial charge is 0.0390 e. The van der Waals surface area contributed by atoms with Crippen LogP contribution in [-0.2, 0) is 12.8 Å². The minimum Gasteiger partial charge on any atom is -0.143 e. The Kier molecular flexibility index (Phi) is 10.5. The predicted octanol–water partition coefficient (Wildman–Crippen LogP) is 11.5. The maximum absolute atomic E-state index is 2.68. The Hall–Kier alpha value is -2.90. The van der Waals surface area contributed by atoms with Gasteiger partial charge in [0, 0.05) is 25.0 Å². The summed E-state index contributed by atoms with van der Waals surface area (Å²) in [6, 6.07) is 38.7. The van der Waals surface area contributed by atoms with Crippen molar-refractivity contribution in [2.45, 2.75) is 78.1 Å². The molecule has 226 valence electrons. The van der Waals surface area contributed by atoms with Crippen LogP contribution in [0.1, 0.15) is 81.2 Å². The van der Waals surface area contributed by atoms with Gasteiger partial charge in [-0.15, -0.1) is 22.7 Å². The minimum absolute atomic E-state index is 1.20. The van der Waals surface area contributed by atoms with Gasteiger partial charge in [0.05, 0.1) is 0 Å². The van der Waals surface area contributed by atoms with Gasteiger partial charge in [-0.25, -0.2) is 0 Å². The topological polar surface area (TPSA) is 0 Å². The summed E-state index contributed by atoms with van der Waals surface area (Å²) in [7, 11) is 0. The third-order valence-corrected chi connectivity index (χ3v) is 15.3. The SMILES string of the molecule is CCCCCCc1c(CCCCCC)c2sc(C=P(c3ccccc3)(c3ccccc3)c3ccccc3)cc2c2ccsc12. The summed E-state index contributed by atoms with van der Waals surface area (Å²) in [6.45, 7) is 2.56. The van der Waals surface area contributed by atoms with E-state index < -0.39 is 6.89 Å². The first-order valence-corrected chi connectivity index (χ1v) is 20.2. The van der Waals surface area contributed by atoms with Gasteiger partial charge in [0.1, 0.15) is 0 Å². The third-order valence-electron chi connectivity index (χ3n) is 8.99. The molecule has 0 unspecified atom stereocenters. The Balaban J connectivity index is 1.60. The number of fused-ring (bicyclic) bond motifs is 3. The first kappa shape index (κ1) is 31.1. The molecule has 0 saturated heterocycles. The molecule has 0 spiro atoms. The highest BCUT2D eigenvalue weighted by molar-refractivity contribution is 7.94. The van der Waals surface area contributed by atoms with Crippen molar-refractivity contribution in [1.82, 2.24) is 0 Å². The van der Waals surface area contributed by atoms with Crippen molar-refractivity contribution >= 4 is 71.4 Å². The second-order valence-electron chi connectivity index (χ2n) is 12.0.